The molecule has 1 fully saturated rings. The summed E-state index contributed by atoms with van der Waals surface area (Å²) < 4.78 is 32.7. The third-order valence-corrected chi connectivity index (χ3v) is 6.21. The number of likely N-dealkylation sites (tertiary alicyclic amines) is 1. The van der Waals surface area contributed by atoms with E-state index in [0.29, 0.717) is 17.0 Å². The second-order valence-corrected chi connectivity index (χ2v) is 8.38. The number of sulfonamides is 1. The molecule has 0 unspecified atom stereocenters. The van der Waals surface area contributed by atoms with Gasteiger partial charge in [-0.05, 0) is 74.7 Å². The van der Waals surface area contributed by atoms with Crippen molar-refractivity contribution in [3.8, 4) is 5.75 Å². The average molecular weight is 388 g/mol. The van der Waals surface area contributed by atoms with Gasteiger partial charge in [0.25, 0.3) is 15.9 Å². The van der Waals surface area contributed by atoms with E-state index in [2.05, 4.69) is 11.6 Å². The number of carbonyl (C=O) groups excluding carboxylic acids is 1. The molecule has 3 rings (SSSR count). The first-order chi connectivity index (χ1) is 12.9. The maximum Gasteiger partial charge on any atom is 0.261 e. The average Bonchev–Trinajstić information content (AvgIpc) is 2.68. The van der Waals surface area contributed by atoms with Crippen molar-refractivity contribution in [3.63, 3.8) is 0 Å². The van der Waals surface area contributed by atoms with Crippen molar-refractivity contribution in [1.82, 2.24) is 4.90 Å². The molecule has 144 valence electrons. The van der Waals surface area contributed by atoms with Crippen LogP contribution in [0.4, 0.5) is 5.69 Å². The molecule has 1 heterocycles. The summed E-state index contributed by atoms with van der Waals surface area (Å²) in [6.07, 6.45) is 3.15. The van der Waals surface area contributed by atoms with Crippen molar-refractivity contribution in [3.05, 3.63) is 54.1 Å². The fourth-order valence-corrected chi connectivity index (χ4v) is 4.27. The number of carbonyl (C=O) groups is 1. The molecular formula is C20H24N2O4S. The lowest BCUT2D eigenvalue weighted by atomic mass is 10.0. The summed E-state index contributed by atoms with van der Waals surface area (Å²) in [5, 5.41) is 0. The minimum Gasteiger partial charge on any atom is -0.497 e. The van der Waals surface area contributed by atoms with Crippen LogP contribution in [0.25, 0.3) is 0 Å². The number of nitrogens with zero attached hydrogens (tertiary/aromatic N) is 1. The van der Waals surface area contributed by atoms with E-state index < -0.39 is 10.0 Å². The molecule has 1 saturated heterocycles. The number of methoxy groups -OCH3 is 1. The molecular weight excluding hydrogens is 364 g/mol. The summed E-state index contributed by atoms with van der Waals surface area (Å²) in [5.74, 6) is 0.599. The molecule has 0 radical (unpaired) electrons. The van der Waals surface area contributed by atoms with Gasteiger partial charge in [0, 0.05) is 23.8 Å². The highest BCUT2D eigenvalue weighted by Crippen LogP contribution is 2.22. The van der Waals surface area contributed by atoms with Crippen LogP contribution in [0.2, 0.25) is 0 Å². The van der Waals surface area contributed by atoms with Gasteiger partial charge >= 0.3 is 0 Å². The second-order valence-electron chi connectivity index (χ2n) is 6.70. The minimum atomic E-state index is -3.73. The lowest BCUT2D eigenvalue weighted by Gasteiger charge is -2.33. The standard InChI is InChI=1S/C20H24N2O4S/c1-15-5-3-4-14-22(15)20(23)16-6-12-19(13-7-16)27(24,25)21-17-8-10-18(26-2)11-9-17/h6-13,15,21H,3-5,14H2,1-2H3/t15-/m0/s1. The Hall–Kier alpha value is -2.54. The molecule has 1 amide bonds. The number of rotatable bonds is 5. The van der Waals surface area contributed by atoms with Crippen molar-refractivity contribution in [2.75, 3.05) is 18.4 Å². The van der Waals surface area contributed by atoms with E-state index in [1.165, 1.54) is 12.1 Å². The normalized spacial score (nSPS) is 17.4. The zero-order valence-corrected chi connectivity index (χ0v) is 16.3. The molecule has 27 heavy (non-hydrogen) atoms. The molecule has 7 heteroatoms. The van der Waals surface area contributed by atoms with E-state index in [-0.39, 0.29) is 16.8 Å². The molecule has 1 atom stereocenters. The highest BCUT2D eigenvalue weighted by atomic mass is 32.2. The Morgan fingerprint density at radius 2 is 1.74 bits per heavy atom. The number of anilines is 1. The van der Waals surface area contributed by atoms with Crippen LogP contribution in [0, 0.1) is 0 Å². The quantitative estimate of drug-likeness (QED) is 0.850. The maximum absolute atomic E-state index is 12.7. The van der Waals surface area contributed by atoms with Crippen LogP contribution in [0.1, 0.15) is 36.5 Å². The molecule has 0 saturated carbocycles. The molecule has 0 bridgehead atoms. The maximum atomic E-state index is 12.7. The fourth-order valence-electron chi connectivity index (χ4n) is 3.22. The van der Waals surface area contributed by atoms with Gasteiger partial charge in [-0.25, -0.2) is 8.42 Å². The number of ether oxygens (including phenoxy) is 1. The molecule has 2 aromatic rings. The van der Waals surface area contributed by atoms with Crippen molar-refractivity contribution in [1.29, 1.82) is 0 Å². The number of amides is 1. The molecule has 1 aliphatic rings. The van der Waals surface area contributed by atoms with Crippen molar-refractivity contribution >= 4 is 21.6 Å². The Bertz CT molecular complexity index is 893. The van der Waals surface area contributed by atoms with E-state index in [0.717, 1.165) is 25.8 Å². The summed E-state index contributed by atoms with van der Waals surface area (Å²) in [6, 6.07) is 12.9. The van der Waals surface area contributed by atoms with Gasteiger partial charge in [-0.1, -0.05) is 0 Å². The molecule has 2 aromatic carbocycles. The SMILES string of the molecule is COc1ccc(NS(=O)(=O)c2ccc(C(=O)N3CCCC[C@@H]3C)cc2)cc1. The highest BCUT2D eigenvalue weighted by Gasteiger charge is 2.24. The zero-order valence-electron chi connectivity index (χ0n) is 15.5. The van der Waals surface area contributed by atoms with Gasteiger partial charge in [-0.15, -0.1) is 0 Å². The monoisotopic (exact) mass is 388 g/mol. The van der Waals surface area contributed by atoms with Gasteiger partial charge in [-0.3, -0.25) is 9.52 Å². The number of hydrogen-bond donors (Lipinski definition) is 1. The largest absolute Gasteiger partial charge is 0.497 e. The van der Waals surface area contributed by atoms with Crippen molar-refractivity contribution < 1.29 is 17.9 Å². The van der Waals surface area contributed by atoms with Crippen LogP contribution in [-0.4, -0.2) is 38.9 Å². The van der Waals surface area contributed by atoms with Gasteiger partial charge in [0.1, 0.15) is 5.75 Å². The molecule has 0 aliphatic carbocycles. The van der Waals surface area contributed by atoms with Crippen LogP contribution in [0.3, 0.4) is 0 Å². The third-order valence-electron chi connectivity index (χ3n) is 4.82. The fraction of sp³-hybridized carbons (Fsp3) is 0.350. The number of piperidine rings is 1. The van der Waals surface area contributed by atoms with E-state index in [1.807, 2.05) is 4.90 Å². The minimum absolute atomic E-state index is 0.0470. The van der Waals surface area contributed by atoms with Gasteiger partial charge in [0.05, 0.1) is 12.0 Å². The molecule has 1 N–H and O–H groups in total. The van der Waals surface area contributed by atoms with Gasteiger partial charge in [0.2, 0.25) is 0 Å². The highest BCUT2D eigenvalue weighted by molar-refractivity contribution is 7.92. The summed E-state index contributed by atoms with van der Waals surface area (Å²) in [4.78, 5) is 14.6. The van der Waals surface area contributed by atoms with E-state index in [9.17, 15) is 13.2 Å². The lowest BCUT2D eigenvalue weighted by molar-refractivity contribution is 0.0635. The smallest absolute Gasteiger partial charge is 0.261 e. The van der Waals surface area contributed by atoms with E-state index >= 15 is 0 Å². The van der Waals surface area contributed by atoms with E-state index in [4.69, 9.17) is 4.74 Å². The zero-order chi connectivity index (χ0) is 19.4. The van der Waals surface area contributed by atoms with Crippen LogP contribution in [0.15, 0.2) is 53.4 Å². The van der Waals surface area contributed by atoms with Crippen LogP contribution >= 0.6 is 0 Å². The van der Waals surface area contributed by atoms with Crippen molar-refractivity contribution in [2.24, 2.45) is 0 Å². The summed E-state index contributed by atoms with van der Waals surface area (Å²) >= 11 is 0. The number of hydrogen-bond acceptors (Lipinski definition) is 4. The van der Waals surface area contributed by atoms with Crippen molar-refractivity contribution in [2.45, 2.75) is 37.1 Å². The number of nitrogens with one attached hydrogen (secondary N) is 1. The first-order valence-corrected chi connectivity index (χ1v) is 10.5. The molecule has 1 aliphatic heterocycles. The predicted molar refractivity (Wildman–Crippen MR) is 105 cm³/mol. The summed E-state index contributed by atoms with van der Waals surface area (Å²) in [5.41, 5.74) is 0.949. The summed E-state index contributed by atoms with van der Waals surface area (Å²) in [6.45, 7) is 2.80. The Balaban J connectivity index is 1.74. The molecule has 6 nitrogen and oxygen atoms in total. The van der Waals surface area contributed by atoms with Crippen LogP contribution in [0.5, 0.6) is 5.75 Å². The topological polar surface area (TPSA) is 75.7 Å². The Morgan fingerprint density at radius 1 is 1.07 bits per heavy atom. The second kappa shape index (κ2) is 8.00. The van der Waals surface area contributed by atoms with Crippen LogP contribution < -0.4 is 9.46 Å². The van der Waals surface area contributed by atoms with Gasteiger partial charge in [0.15, 0.2) is 0 Å². The Kier molecular flexibility index (Phi) is 5.70. The Morgan fingerprint density at radius 3 is 2.33 bits per heavy atom. The predicted octanol–water partition coefficient (Wildman–Crippen LogP) is 3.51. The number of benzene rings is 2. The lowest BCUT2D eigenvalue weighted by Crippen LogP contribution is -2.42. The summed E-state index contributed by atoms with van der Waals surface area (Å²) in [7, 11) is -2.18. The Labute approximate surface area is 160 Å². The van der Waals surface area contributed by atoms with E-state index in [1.54, 1.807) is 43.5 Å². The molecule has 0 spiro atoms. The third kappa shape index (κ3) is 4.42. The molecule has 0 aromatic heterocycles. The van der Waals surface area contributed by atoms with Gasteiger partial charge in [-0.2, -0.15) is 0 Å². The first-order valence-electron chi connectivity index (χ1n) is 8.98. The van der Waals surface area contributed by atoms with Crippen LogP contribution in [-0.2, 0) is 10.0 Å². The first kappa shape index (κ1) is 19.2. The van der Waals surface area contributed by atoms with Gasteiger partial charge < -0.3 is 9.64 Å².